The Balaban J connectivity index is 2.37. The summed E-state index contributed by atoms with van der Waals surface area (Å²) < 4.78 is 10.7. The lowest BCUT2D eigenvalue weighted by molar-refractivity contribution is 0.398. The molecule has 0 fully saturated rings. The van der Waals surface area contributed by atoms with Gasteiger partial charge >= 0.3 is 0 Å². The number of rotatable bonds is 6. The van der Waals surface area contributed by atoms with E-state index in [-0.39, 0.29) is 0 Å². The van der Waals surface area contributed by atoms with Crippen LogP contribution in [0.15, 0.2) is 18.3 Å². The number of hydrogen-bond donors (Lipinski definition) is 2. The van der Waals surface area contributed by atoms with Crippen molar-refractivity contribution in [3.05, 3.63) is 23.9 Å². The molecule has 1 aromatic carbocycles. The molecule has 0 amide bonds. The molecule has 0 spiro atoms. The maximum atomic E-state index is 5.46. The quantitative estimate of drug-likeness (QED) is 0.771. The largest absolute Gasteiger partial charge is 0.497 e. The summed E-state index contributed by atoms with van der Waals surface area (Å²) >= 11 is 0. The van der Waals surface area contributed by atoms with Crippen molar-refractivity contribution in [2.24, 2.45) is 0 Å². The van der Waals surface area contributed by atoms with Gasteiger partial charge in [0.2, 0.25) is 0 Å². The Labute approximate surface area is 107 Å². The number of hydrogen-bond acceptors (Lipinski definition) is 3. The van der Waals surface area contributed by atoms with Crippen LogP contribution in [0.4, 0.5) is 0 Å². The number of aromatic amines is 1. The van der Waals surface area contributed by atoms with Crippen molar-refractivity contribution >= 4 is 10.9 Å². The van der Waals surface area contributed by atoms with Gasteiger partial charge in [-0.2, -0.15) is 0 Å². The van der Waals surface area contributed by atoms with E-state index in [4.69, 9.17) is 9.47 Å². The highest BCUT2D eigenvalue weighted by Gasteiger charge is 2.11. The maximum Gasteiger partial charge on any atom is 0.132 e. The summed E-state index contributed by atoms with van der Waals surface area (Å²) in [5.41, 5.74) is 2.35. The lowest BCUT2D eigenvalue weighted by Gasteiger charge is -2.07. The molecule has 0 bridgehead atoms. The number of aromatic nitrogens is 1. The third kappa shape index (κ3) is 2.43. The normalized spacial score (nSPS) is 10.8. The molecule has 0 atom stereocenters. The van der Waals surface area contributed by atoms with Gasteiger partial charge in [-0.3, -0.25) is 0 Å². The molecular formula is C14H20N2O2. The SMILES string of the molecule is CNCCCc1c[nH]c2cc(OC)cc(OC)c12. The van der Waals surface area contributed by atoms with Crippen molar-refractivity contribution in [2.45, 2.75) is 12.8 Å². The highest BCUT2D eigenvalue weighted by atomic mass is 16.5. The molecule has 0 aliphatic rings. The van der Waals surface area contributed by atoms with Gasteiger partial charge in [0.1, 0.15) is 11.5 Å². The van der Waals surface area contributed by atoms with Crippen molar-refractivity contribution in [3.8, 4) is 11.5 Å². The molecule has 18 heavy (non-hydrogen) atoms. The molecule has 0 saturated heterocycles. The highest BCUT2D eigenvalue weighted by Crippen LogP contribution is 2.33. The fourth-order valence-electron chi connectivity index (χ4n) is 2.20. The molecular weight excluding hydrogens is 228 g/mol. The minimum Gasteiger partial charge on any atom is -0.497 e. The van der Waals surface area contributed by atoms with E-state index >= 15 is 0 Å². The Morgan fingerprint density at radius 1 is 1.22 bits per heavy atom. The lowest BCUT2D eigenvalue weighted by atomic mass is 10.1. The summed E-state index contributed by atoms with van der Waals surface area (Å²) in [5, 5.41) is 4.33. The van der Waals surface area contributed by atoms with Gasteiger partial charge in [0, 0.05) is 23.7 Å². The van der Waals surface area contributed by atoms with Crippen LogP contribution >= 0.6 is 0 Å². The molecule has 0 saturated carbocycles. The number of aryl methyl sites for hydroxylation is 1. The average molecular weight is 248 g/mol. The Hall–Kier alpha value is -1.68. The van der Waals surface area contributed by atoms with Gasteiger partial charge in [-0.1, -0.05) is 0 Å². The molecule has 1 aromatic heterocycles. The monoisotopic (exact) mass is 248 g/mol. The number of ether oxygens (including phenoxy) is 2. The fraction of sp³-hybridized carbons (Fsp3) is 0.429. The summed E-state index contributed by atoms with van der Waals surface area (Å²) in [6, 6.07) is 3.93. The predicted molar refractivity (Wildman–Crippen MR) is 73.7 cm³/mol. The van der Waals surface area contributed by atoms with Crippen LogP contribution in [0, 0.1) is 0 Å². The van der Waals surface area contributed by atoms with Crippen molar-refractivity contribution < 1.29 is 9.47 Å². The molecule has 0 unspecified atom stereocenters. The minimum atomic E-state index is 0.808. The van der Waals surface area contributed by atoms with Gasteiger partial charge in [-0.05, 0) is 32.0 Å². The third-order valence-corrected chi connectivity index (χ3v) is 3.13. The molecule has 0 radical (unpaired) electrons. The van der Waals surface area contributed by atoms with Crippen LogP contribution in [-0.2, 0) is 6.42 Å². The van der Waals surface area contributed by atoms with Crippen molar-refractivity contribution in [3.63, 3.8) is 0 Å². The molecule has 1 heterocycles. The number of H-pyrrole nitrogens is 1. The second kappa shape index (κ2) is 5.78. The van der Waals surface area contributed by atoms with Gasteiger partial charge in [-0.25, -0.2) is 0 Å². The van der Waals surface area contributed by atoms with Crippen LogP contribution in [0.1, 0.15) is 12.0 Å². The van der Waals surface area contributed by atoms with Crippen LogP contribution < -0.4 is 14.8 Å². The topological polar surface area (TPSA) is 46.3 Å². The fourth-order valence-corrected chi connectivity index (χ4v) is 2.20. The number of nitrogens with one attached hydrogen (secondary N) is 2. The van der Waals surface area contributed by atoms with E-state index in [9.17, 15) is 0 Å². The number of methoxy groups -OCH3 is 2. The average Bonchev–Trinajstić information content (AvgIpc) is 2.81. The second-order valence-corrected chi connectivity index (χ2v) is 4.27. The molecule has 2 N–H and O–H groups in total. The molecule has 0 aliphatic heterocycles. The smallest absolute Gasteiger partial charge is 0.132 e. The summed E-state index contributed by atoms with van der Waals surface area (Å²) in [6.07, 6.45) is 4.20. The van der Waals surface area contributed by atoms with E-state index < -0.39 is 0 Å². The van der Waals surface area contributed by atoms with Crippen LogP contribution in [0.2, 0.25) is 0 Å². The van der Waals surface area contributed by atoms with Gasteiger partial charge in [-0.15, -0.1) is 0 Å². The zero-order valence-corrected chi connectivity index (χ0v) is 11.2. The lowest BCUT2D eigenvalue weighted by Crippen LogP contribution is -2.08. The first-order valence-corrected chi connectivity index (χ1v) is 6.16. The van der Waals surface area contributed by atoms with Crippen molar-refractivity contribution in [2.75, 3.05) is 27.8 Å². The standard InChI is InChI=1S/C14H20N2O2/c1-15-6-4-5-10-9-16-12-7-11(17-2)8-13(18-3)14(10)12/h7-9,15-16H,4-6H2,1-3H3. The van der Waals surface area contributed by atoms with E-state index in [0.717, 1.165) is 41.8 Å². The van der Waals surface area contributed by atoms with Crippen molar-refractivity contribution in [1.29, 1.82) is 0 Å². The first-order valence-electron chi connectivity index (χ1n) is 6.16. The third-order valence-electron chi connectivity index (χ3n) is 3.13. The molecule has 0 aliphatic carbocycles. The molecule has 4 nitrogen and oxygen atoms in total. The molecule has 4 heteroatoms. The Kier molecular flexibility index (Phi) is 4.10. The zero-order chi connectivity index (χ0) is 13.0. The van der Waals surface area contributed by atoms with Gasteiger partial charge in [0.05, 0.1) is 19.7 Å². The van der Waals surface area contributed by atoms with Gasteiger partial charge in [0.25, 0.3) is 0 Å². The molecule has 2 rings (SSSR count). The van der Waals surface area contributed by atoms with E-state index in [1.165, 1.54) is 5.56 Å². The van der Waals surface area contributed by atoms with Crippen molar-refractivity contribution in [1.82, 2.24) is 10.3 Å². The van der Waals surface area contributed by atoms with Gasteiger partial charge < -0.3 is 19.8 Å². The summed E-state index contributed by atoms with van der Waals surface area (Å²) in [7, 11) is 5.33. The van der Waals surface area contributed by atoms with Crippen LogP contribution in [0.5, 0.6) is 11.5 Å². The van der Waals surface area contributed by atoms with E-state index in [0.29, 0.717) is 0 Å². The first kappa shape index (κ1) is 12.8. The first-order chi connectivity index (χ1) is 8.80. The maximum absolute atomic E-state index is 5.46. The van der Waals surface area contributed by atoms with Crippen LogP contribution in [-0.4, -0.2) is 32.8 Å². The Bertz CT molecular complexity index is 520. The van der Waals surface area contributed by atoms with E-state index in [1.807, 2.05) is 19.2 Å². The van der Waals surface area contributed by atoms with Crippen LogP contribution in [0.25, 0.3) is 10.9 Å². The zero-order valence-electron chi connectivity index (χ0n) is 11.2. The predicted octanol–water partition coefficient (Wildman–Crippen LogP) is 2.34. The number of benzene rings is 1. The Morgan fingerprint density at radius 2 is 2.06 bits per heavy atom. The molecule has 98 valence electrons. The summed E-state index contributed by atoms with van der Waals surface area (Å²) in [5.74, 6) is 1.67. The highest BCUT2D eigenvalue weighted by molar-refractivity contribution is 5.90. The van der Waals surface area contributed by atoms with Crippen LogP contribution in [0.3, 0.4) is 0 Å². The summed E-state index contributed by atoms with van der Waals surface area (Å²) in [4.78, 5) is 3.28. The van der Waals surface area contributed by atoms with E-state index in [1.54, 1.807) is 14.2 Å². The Morgan fingerprint density at radius 3 is 2.72 bits per heavy atom. The van der Waals surface area contributed by atoms with E-state index in [2.05, 4.69) is 16.5 Å². The van der Waals surface area contributed by atoms with Gasteiger partial charge in [0.15, 0.2) is 0 Å². The minimum absolute atomic E-state index is 0.808. The molecule has 2 aromatic rings. The summed E-state index contributed by atoms with van der Waals surface area (Å²) in [6.45, 7) is 1.02. The second-order valence-electron chi connectivity index (χ2n) is 4.27. The number of fused-ring (bicyclic) bond motifs is 1.